The predicted octanol–water partition coefficient (Wildman–Crippen LogP) is 2.33. The number of nitrogens with one attached hydrogen (secondary N) is 2. The van der Waals surface area contributed by atoms with Crippen LogP contribution in [0.3, 0.4) is 0 Å². The minimum Gasteiger partial charge on any atom is -0.449 e. The van der Waals surface area contributed by atoms with E-state index in [0.29, 0.717) is 12.3 Å². The van der Waals surface area contributed by atoms with E-state index in [2.05, 4.69) is 10.0 Å². The average molecular weight is 432 g/mol. The van der Waals surface area contributed by atoms with E-state index in [0.717, 1.165) is 12.8 Å². The van der Waals surface area contributed by atoms with Gasteiger partial charge in [0.05, 0.1) is 16.6 Å². The number of para-hydroxylation sites is 1. The molecule has 0 spiro atoms. The van der Waals surface area contributed by atoms with Crippen LogP contribution >= 0.6 is 0 Å². The van der Waals surface area contributed by atoms with Crippen LogP contribution in [0.15, 0.2) is 59.5 Å². The number of hydrogen-bond acceptors (Lipinski definition) is 6. The van der Waals surface area contributed by atoms with Crippen molar-refractivity contribution in [2.75, 3.05) is 18.5 Å². The molecule has 1 aliphatic rings. The second-order valence-electron chi connectivity index (χ2n) is 6.92. The molecule has 1 heterocycles. The van der Waals surface area contributed by atoms with Gasteiger partial charge in [0.2, 0.25) is 10.0 Å². The molecule has 2 N–H and O–H groups in total. The molecule has 0 bridgehead atoms. The largest absolute Gasteiger partial charge is 0.449 e. The molecule has 0 radical (unpaired) electrons. The summed E-state index contributed by atoms with van der Waals surface area (Å²) in [6.45, 7) is 2.25. The van der Waals surface area contributed by atoms with Crippen LogP contribution in [0.25, 0.3) is 0 Å². The van der Waals surface area contributed by atoms with E-state index in [-0.39, 0.29) is 23.1 Å². The zero-order chi connectivity index (χ0) is 21.6. The van der Waals surface area contributed by atoms with Crippen molar-refractivity contribution in [3.63, 3.8) is 0 Å². The van der Waals surface area contributed by atoms with Crippen LogP contribution in [0.4, 0.5) is 5.69 Å². The Kier molecular flexibility index (Phi) is 7.20. The topological polar surface area (TPSA) is 111 Å². The number of carbonyl (C=O) groups is 2. The molecule has 30 heavy (non-hydrogen) atoms. The smallest absolute Gasteiger partial charge is 0.338 e. The lowest BCUT2D eigenvalue weighted by Gasteiger charge is -2.14. The highest BCUT2D eigenvalue weighted by molar-refractivity contribution is 7.89. The molecule has 2 aromatic carbocycles. The van der Waals surface area contributed by atoms with E-state index in [1.54, 1.807) is 24.3 Å². The minimum atomic E-state index is -3.81. The fraction of sp³-hybridized carbons (Fsp3) is 0.333. The SMILES string of the molecule is C[C@@H](OC(=O)c1cccc(S(=O)(=O)NC[C@@H]2CCCO2)c1)C(=O)Nc1ccccc1. The first-order valence-corrected chi connectivity index (χ1v) is 11.1. The van der Waals surface area contributed by atoms with Gasteiger partial charge in [-0.1, -0.05) is 24.3 Å². The van der Waals surface area contributed by atoms with Crippen LogP contribution in [0.1, 0.15) is 30.1 Å². The molecule has 0 aromatic heterocycles. The first-order chi connectivity index (χ1) is 14.3. The summed E-state index contributed by atoms with van der Waals surface area (Å²) in [6, 6.07) is 14.3. The number of carbonyl (C=O) groups excluding carboxylic acids is 2. The summed E-state index contributed by atoms with van der Waals surface area (Å²) in [6.07, 6.45) is 0.509. The Morgan fingerprint density at radius 2 is 1.93 bits per heavy atom. The van der Waals surface area contributed by atoms with E-state index in [1.165, 1.54) is 31.2 Å². The summed E-state index contributed by atoms with van der Waals surface area (Å²) in [4.78, 5) is 24.6. The van der Waals surface area contributed by atoms with Gasteiger partial charge in [0.15, 0.2) is 6.10 Å². The van der Waals surface area contributed by atoms with Gasteiger partial charge in [-0.3, -0.25) is 4.79 Å². The molecule has 2 aromatic rings. The van der Waals surface area contributed by atoms with Gasteiger partial charge in [0.1, 0.15) is 0 Å². The molecule has 2 atom stereocenters. The molecule has 3 rings (SSSR count). The quantitative estimate of drug-likeness (QED) is 0.620. The summed E-state index contributed by atoms with van der Waals surface area (Å²) in [5.41, 5.74) is 0.616. The Bertz CT molecular complexity index is 988. The minimum absolute atomic E-state index is 0.0364. The molecular weight excluding hydrogens is 408 g/mol. The monoisotopic (exact) mass is 432 g/mol. The van der Waals surface area contributed by atoms with Crippen molar-refractivity contribution >= 4 is 27.6 Å². The maximum Gasteiger partial charge on any atom is 0.338 e. The van der Waals surface area contributed by atoms with Gasteiger partial charge < -0.3 is 14.8 Å². The fourth-order valence-corrected chi connectivity index (χ4v) is 4.04. The molecule has 9 heteroatoms. The standard InChI is InChI=1S/C21H24N2O6S/c1-15(20(24)23-17-8-3-2-4-9-17)29-21(25)16-7-5-11-19(13-16)30(26,27)22-14-18-10-6-12-28-18/h2-5,7-9,11,13,15,18,22H,6,10,12,14H2,1H3,(H,23,24)/t15-,18+/m1/s1. The molecule has 8 nitrogen and oxygen atoms in total. The first-order valence-electron chi connectivity index (χ1n) is 9.63. The van der Waals surface area contributed by atoms with E-state index in [1.807, 2.05) is 6.07 Å². The predicted molar refractivity (Wildman–Crippen MR) is 111 cm³/mol. The molecule has 0 saturated carbocycles. The van der Waals surface area contributed by atoms with Crippen LogP contribution in [-0.4, -0.2) is 45.7 Å². The van der Waals surface area contributed by atoms with E-state index in [4.69, 9.17) is 9.47 Å². The van der Waals surface area contributed by atoms with E-state index < -0.39 is 28.0 Å². The zero-order valence-electron chi connectivity index (χ0n) is 16.5. The second kappa shape index (κ2) is 9.84. The Hall–Kier alpha value is -2.75. The lowest BCUT2D eigenvalue weighted by Crippen LogP contribution is -2.32. The van der Waals surface area contributed by atoms with Crippen LogP contribution in [0.2, 0.25) is 0 Å². The van der Waals surface area contributed by atoms with Crippen molar-refractivity contribution in [2.24, 2.45) is 0 Å². The third-order valence-corrected chi connectivity index (χ3v) is 6.02. The average Bonchev–Trinajstić information content (AvgIpc) is 3.27. The highest BCUT2D eigenvalue weighted by atomic mass is 32.2. The summed E-state index contributed by atoms with van der Waals surface area (Å²) in [5, 5.41) is 2.64. The van der Waals surface area contributed by atoms with Gasteiger partial charge in [0, 0.05) is 18.8 Å². The molecule has 1 amide bonds. The van der Waals surface area contributed by atoms with E-state index >= 15 is 0 Å². The molecule has 1 fully saturated rings. The number of sulfonamides is 1. The number of ether oxygens (including phenoxy) is 2. The first kappa shape index (κ1) is 21.9. The molecule has 1 aliphatic heterocycles. The summed E-state index contributed by atoms with van der Waals surface area (Å²) >= 11 is 0. The van der Waals surface area contributed by atoms with Crippen LogP contribution < -0.4 is 10.0 Å². The van der Waals surface area contributed by atoms with Gasteiger partial charge in [0.25, 0.3) is 5.91 Å². The van der Waals surface area contributed by atoms with Crippen molar-refractivity contribution in [3.05, 3.63) is 60.2 Å². The molecule has 0 aliphatic carbocycles. The number of esters is 1. The molecule has 160 valence electrons. The number of anilines is 1. The Morgan fingerprint density at radius 1 is 1.17 bits per heavy atom. The van der Waals surface area contributed by atoms with Crippen molar-refractivity contribution in [3.8, 4) is 0 Å². The van der Waals surface area contributed by atoms with Crippen molar-refractivity contribution in [2.45, 2.75) is 36.9 Å². The van der Waals surface area contributed by atoms with Crippen molar-refractivity contribution < 1.29 is 27.5 Å². The Balaban J connectivity index is 1.61. The summed E-state index contributed by atoms with van der Waals surface area (Å²) in [5.74, 6) is -1.28. The molecule has 0 unspecified atom stereocenters. The fourth-order valence-electron chi connectivity index (χ4n) is 2.93. The number of rotatable bonds is 8. The molecular formula is C21H24N2O6S. The maximum absolute atomic E-state index is 12.5. The van der Waals surface area contributed by atoms with Gasteiger partial charge in [-0.2, -0.15) is 0 Å². The second-order valence-corrected chi connectivity index (χ2v) is 8.68. The van der Waals surface area contributed by atoms with Gasteiger partial charge in [-0.25, -0.2) is 17.9 Å². The van der Waals surface area contributed by atoms with Crippen molar-refractivity contribution in [1.29, 1.82) is 0 Å². The maximum atomic E-state index is 12.5. The Morgan fingerprint density at radius 3 is 2.63 bits per heavy atom. The van der Waals surface area contributed by atoms with Crippen molar-refractivity contribution in [1.82, 2.24) is 4.72 Å². The zero-order valence-corrected chi connectivity index (χ0v) is 17.4. The molecule has 1 saturated heterocycles. The van der Waals surface area contributed by atoms with Gasteiger partial charge in [-0.15, -0.1) is 0 Å². The highest BCUT2D eigenvalue weighted by Crippen LogP contribution is 2.16. The summed E-state index contributed by atoms with van der Waals surface area (Å²) in [7, 11) is -3.81. The normalized spacial score (nSPS) is 17.3. The third kappa shape index (κ3) is 5.88. The highest BCUT2D eigenvalue weighted by Gasteiger charge is 2.23. The van der Waals surface area contributed by atoms with Gasteiger partial charge >= 0.3 is 5.97 Å². The Labute approximate surface area is 175 Å². The third-order valence-electron chi connectivity index (χ3n) is 4.60. The lowest BCUT2D eigenvalue weighted by molar-refractivity contribution is -0.123. The van der Waals surface area contributed by atoms with Crippen LogP contribution in [0, 0.1) is 0 Å². The van der Waals surface area contributed by atoms with Crippen LogP contribution in [0.5, 0.6) is 0 Å². The van der Waals surface area contributed by atoms with Crippen LogP contribution in [-0.2, 0) is 24.3 Å². The van der Waals surface area contributed by atoms with Gasteiger partial charge in [-0.05, 0) is 50.1 Å². The van der Waals surface area contributed by atoms with E-state index in [9.17, 15) is 18.0 Å². The number of benzene rings is 2. The number of amides is 1. The summed E-state index contributed by atoms with van der Waals surface area (Å²) < 4.78 is 38.1. The number of hydrogen-bond donors (Lipinski definition) is 2. The lowest BCUT2D eigenvalue weighted by atomic mass is 10.2.